The van der Waals surface area contributed by atoms with Gasteiger partial charge in [-0.1, -0.05) is 78.9 Å². The normalized spacial score (nSPS) is 22.1. The Bertz CT molecular complexity index is 1550. The van der Waals surface area contributed by atoms with E-state index >= 15 is 0 Å². The molecule has 5 aromatic rings. The zero-order chi connectivity index (χ0) is 24.3. The maximum absolute atomic E-state index is 6.54. The molecule has 1 saturated heterocycles. The second-order valence-electron chi connectivity index (χ2n) is 10.5. The molecule has 176 valence electrons. The Morgan fingerprint density at radius 3 is 1.83 bits per heavy atom. The van der Waals surface area contributed by atoms with Crippen molar-refractivity contribution >= 4 is 27.8 Å². The number of rotatable bonds is 4. The first-order valence-electron chi connectivity index (χ1n) is 12.8. The smallest absolute Gasteiger partial charge is 0.0920 e. The number of nitrogens with zero attached hydrogens (tertiary/aromatic N) is 1. The number of benzene rings is 5. The van der Waals surface area contributed by atoms with Crippen LogP contribution in [0.2, 0.25) is 0 Å². The summed E-state index contributed by atoms with van der Waals surface area (Å²) in [5.74, 6) is 0. The predicted octanol–water partition coefficient (Wildman–Crippen LogP) is 9.23. The van der Waals surface area contributed by atoms with Crippen LogP contribution in [-0.2, 0) is 15.9 Å². The second kappa shape index (κ2) is 7.81. The molecule has 36 heavy (non-hydrogen) atoms. The van der Waals surface area contributed by atoms with Crippen LogP contribution in [0.3, 0.4) is 0 Å². The van der Waals surface area contributed by atoms with Gasteiger partial charge in [0.25, 0.3) is 0 Å². The van der Waals surface area contributed by atoms with Crippen LogP contribution < -0.4 is 4.90 Å². The summed E-state index contributed by atoms with van der Waals surface area (Å²) >= 11 is 0. The van der Waals surface area contributed by atoms with Crippen LogP contribution in [-0.4, -0.2) is 0 Å². The third-order valence-corrected chi connectivity index (χ3v) is 8.17. The first kappa shape index (κ1) is 21.4. The van der Waals surface area contributed by atoms with E-state index in [9.17, 15) is 0 Å². The molecule has 2 heteroatoms. The molecule has 0 spiro atoms. The molecule has 0 amide bonds. The molecule has 1 fully saturated rings. The van der Waals surface area contributed by atoms with Crippen molar-refractivity contribution in [3.05, 3.63) is 126 Å². The van der Waals surface area contributed by atoms with Gasteiger partial charge in [0.15, 0.2) is 0 Å². The fraction of sp³-hybridized carbons (Fsp3) is 0.176. The van der Waals surface area contributed by atoms with Crippen LogP contribution in [0.25, 0.3) is 21.9 Å². The van der Waals surface area contributed by atoms with E-state index in [2.05, 4.69) is 134 Å². The third kappa shape index (κ3) is 3.14. The Labute approximate surface area is 212 Å². The SMILES string of the molecule is CC12CCC(C)(O1)c1cc(-c3ccc(N(c4ccccc4)c4ccccc4)c4ccccc34)ccc12. The summed E-state index contributed by atoms with van der Waals surface area (Å²) in [6.07, 6.45) is 2.19. The quantitative estimate of drug-likeness (QED) is 0.261. The maximum atomic E-state index is 6.54. The van der Waals surface area contributed by atoms with Crippen LogP contribution in [0.5, 0.6) is 0 Å². The highest BCUT2D eigenvalue weighted by Crippen LogP contribution is 2.58. The zero-order valence-corrected chi connectivity index (χ0v) is 20.7. The molecule has 2 aliphatic rings. The standard InChI is InChI=1S/C34H29NO/c1-33-21-22-34(2,36-33)31-23-24(17-19-30(31)33)27-18-20-32(29-16-10-9-15-28(27)29)35(25-11-5-3-6-12-25)26-13-7-4-8-14-26/h3-20,23H,21-22H2,1-2H3. The van der Waals surface area contributed by atoms with Gasteiger partial charge in [-0.15, -0.1) is 0 Å². The van der Waals surface area contributed by atoms with Crippen LogP contribution in [0.15, 0.2) is 115 Å². The van der Waals surface area contributed by atoms with Gasteiger partial charge in [0.1, 0.15) is 0 Å². The van der Waals surface area contributed by atoms with E-state index in [-0.39, 0.29) is 11.2 Å². The van der Waals surface area contributed by atoms with Gasteiger partial charge in [-0.25, -0.2) is 0 Å². The minimum Gasteiger partial charge on any atom is -0.360 e. The van der Waals surface area contributed by atoms with Gasteiger partial charge in [0, 0.05) is 16.8 Å². The molecule has 2 nitrogen and oxygen atoms in total. The summed E-state index contributed by atoms with van der Waals surface area (Å²) in [5, 5.41) is 2.49. The molecule has 2 heterocycles. The van der Waals surface area contributed by atoms with Crippen molar-refractivity contribution in [2.45, 2.75) is 37.9 Å². The number of hydrogen-bond donors (Lipinski definition) is 0. The van der Waals surface area contributed by atoms with Gasteiger partial charge >= 0.3 is 0 Å². The fourth-order valence-electron chi connectivity index (χ4n) is 6.38. The molecule has 0 aromatic heterocycles. The first-order valence-corrected chi connectivity index (χ1v) is 12.8. The number of fused-ring (bicyclic) bond motifs is 6. The number of ether oxygens (including phenoxy) is 1. The highest BCUT2D eigenvalue weighted by atomic mass is 16.5. The molecular weight excluding hydrogens is 438 g/mol. The van der Waals surface area contributed by atoms with E-state index in [1.165, 1.54) is 38.7 Å². The maximum Gasteiger partial charge on any atom is 0.0920 e. The molecule has 0 aliphatic carbocycles. The lowest BCUT2D eigenvalue weighted by atomic mass is 9.77. The lowest BCUT2D eigenvalue weighted by Crippen LogP contribution is -2.17. The van der Waals surface area contributed by atoms with Crippen LogP contribution in [0, 0.1) is 0 Å². The molecule has 5 aromatic carbocycles. The van der Waals surface area contributed by atoms with E-state index in [4.69, 9.17) is 4.74 Å². The summed E-state index contributed by atoms with van der Waals surface area (Å²) in [6.45, 7) is 4.50. The molecule has 0 saturated carbocycles. The Morgan fingerprint density at radius 2 is 1.17 bits per heavy atom. The lowest BCUT2D eigenvalue weighted by molar-refractivity contribution is -0.0662. The zero-order valence-electron chi connectivity index (χ0n) is 20.7. The summed E-state index contributed by atoms with van der Waals surface area (Å²) in [4.78, 5) is 2.35. The van der Waals surface area contributed by atoms with E-state index in [0.29, 0.717) is 0 Å². The van der Waals surface area contributed by atoms with E-state index in [1.807, 2.05) is 0 Å². The number of para-hydroxylation sites is 2. The van der Waals surface area contributed by atoms with Gasteiger partial charge in [0.05, 0.1) is 16.9 Å². The molecular formula is C34H29NO. The molecule has 2 bridgehead atoms. The van der Waals surface area contributed by atoms with E-state index in [1.54, 1.807) is 0 Å². The summed E-state index contributed by atoms with van der Waals surface area (Å²) < 4.78 is 6.54. The molecule has 0 N–H and O–H groups in total. The largest absolute Gasteiger partial charge is 0.360 e. The molecule has 2 aliphatic heterocycles. The molecule has 2 unspecified atom stereocenters. The third-order valence-electron chi connectivity index (χ3n) is 8.17. The fourth-order valence-corrected chi connectivity index (χ4v) is 6.38. The Hall–Kier alpha value is -3.88. The van der Waals surface area contributed by atoms with Gasteiger partial charge in [-0.05, 0) is 90.7 Å². The average molecular weight is 468 g/mol. The highest BCUT2D eigenvalue weighted by molar-refractivity contribution is 6.06. The van der Waals surface area contributed by atoms with Crippen molar-refractivity contribution in [1.29, 1.82) is 0 Å². The van der Waals surface area contributed by atoms with E-state index in [0.717, 1.165) is 24.2 Å². The Balaban J connectivity index is 1.42. The van der Waals surface area contributed by atoms with Crippen molar-refractivity contribution < 1.29 is 4.74 Å². The molecule has 2 atom stereocenters. The van der Waals surface area contributed by atoms with Crippen molar-refractivity contribution in [3.63, 3.8) is 0 Å². The summed E-state index contributed by atoms with van der Waals surface area (Å²) in [6, 6.07) is 41.5. The minimum atomic E-state index is -0.173. The highest BCUT2D eigenvalue weighted by Gasteiger charge is 2.54. The van der Waals surface area contributed by atoms with Crippen molar-refractivity contribution in [1.82, 2.24) is 0 Å². The first-order chi connectivity index (χ1) is 17.6. The second-order valence-corrected chi connectivity index (χ2v) is 10.5. The lowest BCUT2D eigenvalue weighted by Gasteiger charge is -2.27. The topological polar surface area (TPSA) is 12.5 Å². The number of anilines is 3. The van der Waals surface area contributed by atoms with Crippen LogP contribution in [0.1, 0.15) is 37.8 Å². The molecule has 7 rings (SSSR count). The van der Waals surface area contributed by atoms with Crippen molar-refractivity contribution in [2.75, 3.05) is 4.90 Å². The van der Waals surface area contributed by atoms with Crippen molar-refractivity contribution in [3.8, 4) is 11.1 Å². The molecule has 0 radical (unpaired) electrons. The number of hydrogen-bond acceptors (Lipinski definition) is 2. The summed E-state index contributed by atoms with van der Waals surface area (Å²) in [7, 11) is 0. The van der Waals surface area contributed by atoms with Gasteiger partial charge in [-0.2, -0.15) is 0 Å². The average Bonchev–Trinajstić information content (AvgIpc) is 3.37. The van der Waals surface area contributed by atoms with Gasteiger partial charge < -0.3 is 9.64 Å². The van der Waals surface area contributed by atoms with Gasteiger partial charge in [-0.3, -0.25) is 0 Å². The summed E-state index contributed by atoms with van der Waals surface area (Å²) in [5.41, 5.74) is 8.39. The minimum absolute atomic E-state index is 0.138. The van der Waals surface area contributed by atoms with Gasteiger partial charge in [0.2, 0.25) is 0 Å². The van der Waals surface area contributed by atoms with Crippen LogP contribution in [0.4, 0.5) is 17.1 Å². The van der Waals surface area contributed by atoms with E-state index < -0.39 is 0 Å². The Morgan fingerprint density at radius 1 is 0.583 bits per heavy atom. The predicted molar refractivity (Wildman–Crippen MR) is 149 cm³/mol. The Kier molecular flexibility index (Phi) is 4.64. The van der Waals surface area contributed by atoms with Crippen molar-refractivity contribution in [2.24, 2.45) is 0 Å². The monoisotopic (exact) mass is 467 g/mol. The van der Waals surface area contributed by atoms with Crippen LogP contribution >= 0.6 is 0 Å².